The number of benzene rings is 1. The molecule has 0 saturated carbocycles. The predicted molar refractivity (Wildman–Crippen MR) is 53.3 cm³/mol. The molecule has 0 bridgehead atoms. The van der Waals surface area contributed by atoms with Crippen molar-refractivity contribution in [1.82, 2.24) is 0 Å². The van der Waals surface area contributed by atoms with E-state index >= 15 is 0 Å². The summed E-state index contributed by atoms with van der Waals surface area (Å²) in [4.78, 5) is -0.218. The van der Waals surface area contributed by atoms with Gasteiger partial charge in [-0.15, -0.1) is 0 Å². The minimum Gasteiger partial charge on any atom is -0.616 e. The predicted octanol–water partition coefficient (Wildman–Crippen LogP) is -2.34. The van der Waals surface area contributed by atoms with Gasteiger partial charge in [-0.1, -0.05) is 18.2 Å². The average Bonchev–Trinajstić information content (AvgIpc) is 2.28. The second kappa shape index (κ2) is 5.99. The van der Waals surface area contributed by atoms with Crippen LogP contribution in [0.1, 0.15) is 6.92 Å². The van der Waals surface area contributed by atoms with Gasteiger partial charge in [0.05, 0.1) is 15.7 Å². The second-order valence-corrected chi connectivity index (χ2v) is 4.95. The van der Waals surface area contributed by atoms with E-state index in [4.69, 9.17) is 0 Å². The van der Waals surface area contributed by atoms with Crippen molar-refractivity contribution in [2.75, 3.05) is 7.11 Å². The third-order valence-corrected chi connectivity index (χ3v) is 3.80. The SMILES string of the molecule is COC([O-])=C(C)S(=O)(=O)c1ccccc1.[Li+]. The third-order valence-electron chi connectivity index (χ3n) is 1.93. The van der Waals surface area contributed by atoms with Crippen molar-refractivity contribution in [3.8, 4) is 0 Å². The van der Waals surface area contributed by atoms with Gasteiger partial charge >= 0.3 is 18.9 Å². The molecule has 1 rings (SSSR count). The van der Waals surface area contributed by atoms with Gasteiger partial charge in [0, 0.05) is 0 Å². The summed E-state index contributed by atoms with van der Waals surface area (Å²) in [6.07, 6.45) is 0. The molecule has 0 saturated heterocycles. The number of sulfone groups is 1. The topological polar surface area (TPSA) is 66.4 Å². The molecule has 0 N–H and O–H groups in total. The fourth-order valence-corrected chi connectivity index (χ4v) is 2.20. The van der Waals surface area contributed by atoms with Crippen LogP contribution in [0.2, 0.25) is 0 Å². The van der Waals surface area contributed by atoms with Crippen LogP contribution in [0, 0.1) is 0 Å². The zero-order valence-electron chi connectivity index (χ0n) is 9.43. The summed E-state index contributed by atoms with van der Waals surface area (Å²) in [6, 6.07) is 7.75. The molecule has 0 aliphatic carbocycles. The summed E-state index contributed by atoms with van der Waals surface area (Å²) in [5.41, 5.74) is 0. The standard InChI is InChI=1S/C10H12O4S.Li/c1-8(10(11)14-2)15(12,13)9-6-4-3-5-7-9;/h3-7,11H,1-2H3;/q;+1/p-1. The zero-order valence-corrected chi connectivity index (χ0v) is 10.2. The molecule has 16 heavy (non-hydrogen) atoms. The third kappa shape index (κ3) is 3.05. The molecule has 0 unspecified atom stereocenters. The summed E-state index contributed by atoms with van der Waals surface area (Å²) >= 11 is 0. The number of methoxy groups -OCH3 is 1. The first-order valence-corrected chi connectivity index (χ1v) is 5.70. The maximum absolute atomic E-state index is 11.8. The van der Waals surface area contributed by atoms with Gasteiger partial charge in [-0.2, -0.15) is 0 Å². The minimum absolute atomic E-state index is 0. The molecule has 0 aromatic heterocycles. The van der Waals surface area contributed by atoms with Crippen molar-refractivity contribution in [2.45, 2.75) is 11.8 Å². The first-order valence-electron chi connectivity index (χ1n) is 4.22. The van der Waals surface area contributed by atoms with Crippen molar-refractivity contribution in [3.05, 3.63) is 41.2 Å². The fourth-order valence-electron chi connectivity index (χ4n) is 1.03. The Labute approximate surface area is 107 Å². The van der Waals surface area contributed by atoms with Gasteiger partial charge in [-0.25, -0.2) is 8.42 Å². The molecule has 0 fully saturated rings. The van der Waals surface area contributed by atoms with Crippen molar-refractivity contribution in [1.29, 1.82) is 0 Å². The van der Waals surface area contributed by atoms with Crippen LogP contribution in [0.3, 0.4) is 0 Å². The average molecular weight is 234 g/mol. The van der Waals surface area contributed by atoms with Crippen molar-refractivity contribution >= 4 is 9.84 Å². The van der Waals surface area contributed by atoms with Gasteiger partial charge < -0.3 is 9.84 Å². The summed E-state index contributed by atoms with van der Waals surface area (Å²) in [7, 11) is -2.56. The van der Waals surface area contributed by atoms with E-state index in [0.717, 1.165) is 7.11 Å². The largest absolute Gasteiger partial charge is 1.00 e. The van der Waals surface area contributed by atoms with Gasteiger partial charge in [0.1, 0.15) is 0 Å². The summed E-state index contributed by atoms with van der Waals surface area (Å²) in [6.45, 7) is 1.23. The Morgan fingerprint density at radius 3 is 2.19 bits per heavy atom. The second-order valence-electron chi connectivity index (χ2n) is 2.86. The first-order chi connectivity index (χ1) is 7.00. The Bertz CT molecular complexity index is 465. The molecule has 1 aromatic carbocycles. The van der Waals surface area contributed by atoms with Crippen LogP contribution in [-0.4, -0.2) is 15.5 Å². The van der Waals surface area contributed by atoms with Crippen LogP contribution in [-0.2, 0) is 14.6 Å². The number of rotatable bonds is 3. The Morgan fingerprint density at radius 2 is 1.75 bits per heavy atom. The molecule has 0 spiro atoms. The molecule has 4 nitrogen and oxygen atoms in total. The maximum Gasteiger partial charge on any atom is 1.00 e. The van der Waals surface area contributed by atoms with E-state index < -0.39 is 15.8 Å². The zero-order chi connectivity index (χ0) is 11.5. The minimum atomic E-state index is -3.71. The van der Waals surface area contributed by atoms with Gasteiger partial charge in [-0.05, 0) is 26.2 Å². The Morgan fingerprint density at radius 1 is 1.25 bits per heavy atom. The molecule has 0 aliphatic rings. The molecule has 0 atom stereocenters. The van der Waals surface area contributed by atoms with Crippen molar-refractivity contribution in [2.24, 2.45) is 0 Å². The van der Waals surface area contributed by atoms with E-state index in [0.29, 0.717) is 0 Å². The van der Waals surface area contributed by atoms with Crippen LogP contribution in [0.15, 0.2) is 46.1 Å². The molecular formula is C10H11LiO4S. The van der Waals surface area contributed by atoms with E-state index in [1.165, 1.54) is 19.1 Å². The molecule has 82 valence electrons. The molecule has 0 heterocycles. The molecule has 1 aromatic rings. The summed E-state index contributed by atoms with van der Waals surface area (Å²) in [5, 5.41) is 11.1. The number of hydrogen-bond acceptors (Lipinski definition) is 4. The number of allylic oxidation sites excluding steroid dienone is 1. The van der Waals surface area contributed by atoms with Gasteiger partial charge in [0.25, 0.3) is 0 Å². The normalized spacial score (nSPS) is 12.4. The number of hydrogen-bond donors (Lipinski definition) is 0. The van der Waals surface area contributed by atoms with Crippen LogP contribution < -0.4 is 24.0 Å². The van der Waals surface area contributed by atoms with E-state index in [2.05, 4.69) is 4.74 Å². The first kappa shape index (κ1) is 15.1. The molecule has 6 heteroatoms. The van der Waals surface area contributed by atoms with Crippen molar-refractivity contribution in [3.63, 3.8) is 0 Å². The summed E-state index contributed by atoms with van der Waals surface area (Å²) in [5.74, 6) is -0.834. The quantitative estimate of drug-likeness (QED) is 0.434. The van der Waals surface area contributed by atoms with Crippen LogP contribution in [0.4, 0.5) is 0 Å². The monoisotopic (exact) mass is 234 g/mol. The van der Waals surface area contributed by atoms with Crippen LogP contribution in [0.5, 0.6) is 0 Å². The smallest absolute Gasteiger partial charge is 0.616 e. The molecule has 0 radical (unpaired) electrons. The molecule has 0 amide bonds. The Hall–Kier alpha value is -0.893. The van der Waals surface area contributed by atoms with E-state index in [1.54, 1.807) is 18.2 Å². The summed E-state index contributed by atoms with van der Waals surface area (Å²) < 4.78 is 28.0. The van der Waals surface area contributed by atoms with E-state index in [9.17, 15) is 13.5 Å². The van der Waals surface area contributed by atoms with Crippen molar-refractivity contribution < 1.29 is 37.1 Å². The van der Waals surface area contributed by atoms with Gasteiger partial charge in [0.15, 0.2) is 0 Å². The molecule has 0 aliphatic heterocycles. The van der Waals surface area contributed by atoms with E-state index in [-0.39, 0.29) is 28.7 Å². The Kier molecular flexibility index (Phi) is 5.66. The van der Waals surface area contributed by atoms with Crippen LogP contribution >= 0.6 is 0 Å². The van der Waals surface area contributed by atoms with Crippen LogP contribution in [0.25, 0.3) is 0 Å². The van der Waals surface area contributed by atoms with E-state index in [1.807, 2.05) is 0 Å². The fraction of sp³-hybridized carbons (Fsp3) is 0.200. The van der Waals surface area contributed by atoms with Gasteiger partial charge in [0.2, 0.25) is 9.84 Å². The molecular weight excluding hydrogens is 223 g/mol. The maximum atomic E-state index is 11.8. The van der Waals surface area contributed by atoms with Gasteiger partial charge in [-0.3, -0.25) is 0 Å². The Balaban J connectivity index is 0.00000225. The number of ether oxygens (including phenoxy) is 1.